The minimum Gasteiger partial charge on any atom is -0.457 e. The van der Waals surface area contributed by atoms with Crippen LogP contribution in [0, 0.1) is 11.3 Å². The van der Waals surface area contributed by atoms with Gasteiger partial charge in [0.1, 0.15) is 23.1 Å². The lowest BCUT2D eigenvalue weighted by molar-refractivity contribution is -0.112. The quantitative estimate of drug-likeness (QED) is 0.605. The number of para-hydroxylation sites is 1. The molecule has 0 aliphatic carbocycles. The normalized spacial score (nSPS) is 13.9. The molecule has 0 atom stereocenters. The highest BCUT2D eigenvalue weighted by Crippen LogP contribution is 2.22. The number of nitrogens with zero attached hydrogens (tertiary/aromatic N) is 3. The summed E-state index contributed by atoms with van der Waals surface area (Å²) in [6.45, 7) is 1.96. The van der Waals surface area contributed by atoms with E-state index in [1.165, 1.54) is 13.3 Å². The Labute approximate surface area is 174 Å². The number of hydrogen-bond acceptors (Lipinski definition) is 6. The van der Waals surface area contributed by atoms with Crippen LogP contribution < -0.4 is 10.1 Å². The van der Waals surface area contributed by atoms with Gasteiger partial charge in [0, 0.05) is 38.1 Å². The Morgan fingerprint density at radius 1 is 1.00 bits per heavy atom. The van der Waals surface area contributed by atoms with Crippen molar-refractivity contribution in [1.29, 1.82) is 5.26 Å². The molecule has 3 rings (SSSR count). The molecule has 2 aromatic rings. The van der Waals surface area contributed by atoms with E-state index in [9.17, 15) is 14.9 Å². The molecule has 0 spiro atoms. The summed E-state index contributed by atoms with van der Waals surface area (Å²) in [5, 5.41) is 12.1. The van der Waals surface area contributed by atoms with Crippen LogP contribution in [-0.4, -0.2) is 55.1 Å². The Balaban J connectivity index is 1.57. The molecule has 2 aromatic carbocycles. The Bertz CT molecular complexity index is 943. The first-order chi connectivity index (χ1) is 14.6. The largest absolute Gasteiger partial charge is 0.457 e. The molecule has 1 aliphatic heterocycles. The lowest BCUT2D eigenvalue weighted by Gasteiger charge is -2.33. The molecule has 30 heavy (non-hydrogen) atoms. The van der Waals surface area contributed by atoms with Gasteiger partial charge in [0.25, 0.3) is 5.91 Å². The maximum absolute atomic E-state index is 12.5. The van der Waals surface area contributed by atoms with Gasteiger partial charge in [-0.1, -0.05) is 18.2 Å². The molecule has 1 heterocycles. The Morgan fingerprint density at radius 2 is 1.63 bits per heavy atom. The van der Waals surface area contributed by atoms with Crippen LogP contribution in [0.1, 0.15) is 0 Å². The number of anilines is 1. The van der Waals surface area contributed by atoms with Gasteiger partial charge in [0.15, 0.2) is 0 Å². The average Bonchev–Trinajstić information content (AvgIpc) is 2.79. The summed E-state index contributed by atoms with van der Waals surface area (Å²) in [7, 11) is 1.34. The van der Waals surface area contributed by atoms with E-state index in [4.69, 9.17) is 9.47 Å². The lowest BCUT2D eigenvalue weighted by Crippen LogP contribution is -2.47. The van der Waals surface area contributed by atoms with Crippen molar-refractivity contribution in [3.8, 4) is 17.6 Å². The number of carbonyl (C=O) groups excluding carboxylic acids is 2. The van der Waals surface area contributed by atoms with Crippen LogP contribution in [0.2, 0.25) is 0 Å². The maximum Gasteiger partial charge on any atom is 0.409 e. The summed E-state index contributed by atoms with van der Waals surface area (Å²) < 4.78 is 10.4. The number of nitriles is 1. The van der Waals surface area contributed by atoms with E-state index in [1.807, 2.05) is 41.3 Å². The van der Waals surface area contributed by atoms with Crippen molar-refractivity contribution in [2.24, 2.45) is 0 Å². The van der Waals surface area contributed by atoms with Gasteiger partial charge in [0.2, 0.25) is 0 Å². The smallest absolute Gasteiger partial charge is 0.409 e. The van der Waals surface area contributed by atoms with Crippen LogP contribution in [0.5, 0.6) is 11.5 Å². The highest BCUT2D eigenvalue weighted by molar-refractivity contribution is 6.06. The standard InChI is InChI=1S/C22H22N4O4/c1-29-22(28)26-13-11-25(12-14-26)16-17(15-23)21(27)24-18-7-9-20(10-8-18)30-19-5-3-2-4-6-19/h2-10,16H,11-14H2,1H3,(H,24,27)/b17-16-. The first-order valence-corrected chi connectivity index (χ1v) is 9.42. The molecular weight excluding hydrogens is 384 g/mol. The van der Waals surface area contributed by atoms with Gasteiger partial charge in [-0.2, -0.15) is 5.26 Å². The fourth-order valence-electron chi connectivity index (χ4n) is 2.91. The molecule has 8 heteroatoms. The van der Waals surface area contributed by atoms with Crippen LogP contribution >= 0.6 is 0 Å². The van der Waals surface area contributed by atoms with Crippen molar-refractivity contribution in [2.75, 3.05) is 38.6 Å². The molecule has 0 radical (unpaired) electrons. The first kappa shape index (κ1) is 20.7. The van der Waals surface area contributed by atoms with Crippen LogP contribution in [0.25, 0.3) is 0 Å². The summed E-state index contributed by atoms with van der Waals surface area (Å²) in [6.07, 6.45) is 1.15. The molecule has 0 saturated carbocycles. The highest BCUT2D eigenvalue weighted by atomic mass is 16.5. The van der Waals surface area contributed by atoms with E-state index >= 15 is 0 Å². The zero-order valence-corrected chi connectivity index (χ0v) is 16.6. The first-order valence-electron chi connectivity index (χ1n) is 9.42. The van der Waals surface area contributed by atoms with Gasteiger partial charge in [0.05, 0.1) is 7.11 Å². The SMILES string of the molecule is COC(=O)N1CCN(/C=C(/C#N)C(=O)Nc2ccc(Oc3ccccc3)cc2)CC1. The summed E-state index contributed by atoms with van der Waals surface area (Å²) in [5.41, 5.74) is 0.545. The van der Waals surface area contributed by atoms with E-state index in [0.29, 0.717) is 37.6 Å². The van der Waals surface area contributed by atoms with E-state index in [1.54, 1.807) is 29.2 Å². The van der Waals surface area contributed by atoms with Gasteiger partial charge >= 0.3 is 6.09 Å². The van der Waals surface area contributed by atoms with E-state index in [2.05, 4.69) is 5.32 Å². The fraction of sp³-hybridized carbons (Fsp3) is 0.227. The predicted octanol–water partition coefficient (Wildman–Crippen LogP) is 3.21. The zero-order valence-electron chi connectivity index (χ0n) is 16.6. The number of benzene rings is 2. The number of piperazine rings is 1. The van der Waals surface area contributed by atoms with Gasteiger partial charge < -0.3 is 24.6 Å². The number of carbonyl (C=O) groups is 2. The Kier molecular flexibility index (Phi) is 6.90. The third-order valence-corrected chi connectivity index (χ3v) is 4.51. The second-order valence-corrected chi connectivity index (χ2v) is 6.54. The third-order valence-electron chi connectivity index (χ3n) is 4.51. The second-order valence-electron chi connectivity index (χ2n) is 6.54. The van der Waals surface area contributed by atoms with Crippen LogP contribution in [0.15, 0.2) is 66.4 Å². The maximum atomic E-state index is 12.5. The molecular formula is C22H22N4O4. The topological polar surface area (TPSA) is 94.9 Å². The molecule has 154 valence electrons. The van der Waals surface area contributed by atoms with Crippen LogP contribution in [0.3, 0.4) is 0 Å². The minimum absolute atomic E-state index is 0.00821. The van der Waals surface area contributed by atoms with Crippen molar-refractivity contribution in [3.63, 3.8) is 0 Å². The van der Waals surface area contributed by atoms with Gasteiger partial charge in [-0.15, -0.1) is 0 Å². The van der Waals surface area contributed by atoms with E-state index < -0.39 is 5.91 Å². The Morgan fingerprint density at radius 3 is 2.23 bits per heavy atom. The molecule has 1 saturated heterocycles. The van der Waals surface area contributed by atoms with Crippen molar-refractivity contribution in [1.82, 2.24) is 9.80 Å². The highest BCUT2D eigenvalue weighted by Gasteiger charge is 2.21. The molecule has 8 nitrogen and oxygen atoms in total. The fourth-order valence-corrected chi connectivity index (χ4v) is 2.91. The number of nitrogens with one attached hydrogen (secondary N) is 1. The van der Waals surface area contributed by atoms with Gasteiger partial charge in [-0.25, -0.2) is 4.79 Å². The summed E-state index contributed by atoms with van der Waals surface area (Å²) in [6, 6.07) is 18.2. The number of amides is 2. The molecule has 1 fully saturated rings. The second kappa shape index (κ2) is 9.98. The molecule has 2 amide bonds. The number of rotatable bonds is 5. The summed E-state index contributed by atoms with van der Waals surface area (Å²) in [5.74, 6) is 0.861. The predicted molar refractivity (Wildman–Crippen MR) is 111 cm³/mol. The number of hydrogen-bond donors (Lipinski definition) is 1. The monoisotopic (exact) mass is 406 g/mol. The Hall–Kier alpha value is -3.99. The molecule has 1 N–H and O–H groups in total. The lowest BCUT2D eigenvalue weighted by atomic mass is 10.2. The molecule has 0 bridgehead atoms. The minimum atomic E-state index is -0.496. The van der Waals surface area contributed by atoms with Gasteiger partial charge in [-0.05, 0) is 36.4 Å². The van der Waals surface area contributed by atoms with Crippen molar-refractivity contribution >= 4 is 17.7 Å². The summed E-state index contributed by atoms with van der Waals surface area (Å²) >= 11 is 0. The molecule has 1 aliphatic rings. The van der Waals surface area contributed by atoms with Crippen molar-refractivity contribution in [2.45, 2.75) is 0 Å². The van der Waals surface area contributed by atoms with Crippen LogP contribution in [0.4, 0.5) is 10.5 Å². The average molecular weight is 406 g/mol. The van der Waals surface area contributed by atoms with E-state index in [0.717, 1.165) is 5.75 Å². The van der Waals surface area contributed by atoms with Crippen LogP contribution in [-0.2, 0) is 9.53 Å². The van der Waals surface area contributed by atoms with Crippen molar-refractivity contribution < 1.29 is 19.1 Å². The number of methoxy groups -OCH3 is 1. The zero-order chi connectivity index (χ0) is 21.3. The third kappa shape index (κ3) is 5.52. The van der Waals surface area contributed by atoms with E-state index in [-0.39, 0.29) is 11.7 Å². The number of ether oxygens (including phenoxy) is 2. The summed E-state index contributed by atoms with van der Waals surface area (Å²) in [4.78, 5) is 27.4. The van der Waals surface area contributed by atoms with Gasteiger partial charge in [-0.3, -0.25) is 4.79 Å². The molecule has 0 aromatic heterocycles. The molecule has 0 unspecified atom stereocenters. The van der Waals surface area contributed by atoms with Crippen molar-refractivity contribution in [3.05, 3.63) is 66.4 Å².